The second-order valence-electron chi connectivity index (χ2n) is 3.41. The zero-order valence-corrected chi connectivity index (χ0v) is 8.42. The molecule has 1 aliphatic rings. The topological polar surface area (TPSA) is 24.7 Å². The predicted molar refractivity (Wildman–Crippen MR) is 58.0 cm³/mol. The van der Waals surface area contributed by atoms with Gasteiger partial charge in [-0.25, -0.2) is 8.78 Å². The molecule has 0 amide bonds. The van der Waals surface area contributed by atoms with E-state index in [1.54, 1.807) is 24.3 Å². The van der Waals surface area contributed by atoms with Crippen molar-refractivity contribution in [2.24, 2.45) is 10.2 Å². The Labute approximate surface area is 92.0 Å². The van der Waals surface area contributed by atoms with Crippen LogP contribution in [0.15, 0.2) is 64.9 Å². The number of hydrogen-bond acceptors (Lipinski definition) is 2. The monoisotopic (exact) mass is 220 g/mol. The molecule has 0 aromatic heterocycles. The van der Waals surface area contributed by atoms with Crippen molar-refractivity contribution >= 4 is 5.69 Å². The zero-order valence-electron chi connectivity index (χ0n) is 8.42. The third-order valence-electron chi connectivity index (χ3n) is 2.18. The molecular formula is C12H10F2N2. The summed E-state index contributed by atoms with van der Waals surface area (Å²) in [5.74, 6) is -2.38. The Bertz CT molecular complexity index is 440. The SMILES string of the molecule is FC1C=CC=CC1(F)/N=N/c1ccccc1. The molecule has 2 unspecified atom stereocenters. The highest BCUT2D eigenvalue weighted by molar-refractivity contribution is 5.35. The smallest absolute Gasteiger partial charge is 0.237 e. The molecule has 1 aromatic carbocycles. The average Bonchev–Trinajstić information content (AvgIpc) is 2.32. The Balaban J connectivity index is 2.18. The molecule has 2 nitrogen and oxygen atoms in total. The van der Waals surface area contributed by atoms with Gasteiger partial charge < -0.3 is 0 Å². The van der Waals surface area contributed by atoms with Gasteiger partial charge in [-0.05, 0) is 24.3 Å². The summed E-state index contributed by atoms with van der Waals surface area (Å²) in [6, 6.07) is 8.65. The van der Waals surface area contributed by atoms with E-state index in [9.17, 15) is 8.78 Å². The van der Waals surface area contributed by atoms with Gasteiger partial charge in [0.15, 0.2) is 6.17 Å². The van der Waals surface area contributed by atoms with Crippen molar-refractivity contribution in [1.82, 2.24) is 0 Å². The highest BCUT2D eigenvalue weighted by Gasteiger charge is 2.37. The lowest BCUT2D eigenvalue weighted by atomic mass is 10.1. The fraction of sp³-hybridized carbons (Fsp3) is 0.167. The van der Waals surface area contributed by atoms with E-state index in [1.165, 1.54) is 12.2 Å². The van der Waals surface area contributed by atoms with Gasteiger partial charge in [0.2, 0.25) is 0 Å². The first-order chi connectivity index (χ1) is 7.71. The van der Waals surface area contributed by atoms with Gasteiger partial charge in [-0.2, -0.15) is 5.11 Å². The van der Waals surface area contributed by atoms with Crippen LogP contribution in [0.3, 0.4) is 0 Å². The van der Waals surface area contributed by atoms with Crippen LogP contribution in [-0.2, 0) is 0 Å². The summed E-state index contributed by atoms with van der Waals surface area (Å²) in [7, 11) is 0. The number of halogens is 2. The Hall–Kier alpha value is -1.84. The van der Waals surface area contributed by atoms with Crippen LogP contribution >= 0.6 is 0 Å². The van der Waals surface area contributed by atoms with Gasteiger partial charge in [-0.1, -0.05) is 30.4 Å². The van der Waals surface area contributed by atoms with Crippen molar-refractivity contribution in [3.05, 3.63) is 54.6 Å². The van der Waals surface area contributed by atoms with E-state index in [2.05, 4.69) is 10.2 Å². The van der Waals surface area contributed by atoms with Gasteiger partial charge in [-0.15, -0.1) is 5.11 Å². The Morgan fingerprint density at radius 1 is 1.12 bits per heavy atom. The maximum Gasteiger partial charge on any atom is 0.272 e. The molecule has 0 saturated carbocycles. The molecule has 0 bridgehead atoms. The summed E-state index contributed by atoms with van der Waals surface area (Å²) >= 11 is 0. The highest BCUT2D eigenvalue weighted by Crippen LogP contribution is 2.29. The van der Waals surface area contributed by atoms with E-state index in [-0.39, 0.29) is 0 Å². The van der Waals surface area contributed by atoms with E-state index in [4.69, 9.17) is 0 Å². The van der Waals surface area contributed by atoms with Crippen LogP contribution in [0.2, 0.25) is 0 Å². The molecule has 0 spiro atoms. The van der Waals surface area contributed by atoms with Crippen LogP contribution in [0.5, 0.6) is 0 Å². The Kier molecular flexibility index (Phi) is 2.90. The first-order valence-electron chi connectivity index (χ1n) is 4.88. The third kappa shape index (κ3) is 2.21. The van der Waals surface area contributed by atoms with Crippen LogP contribution in [0.25, 0.3) is 0 Å². The highest BCUT2D eigenvalue weighted by atomic mass is 19.2. The maximum absolute atomic E-state index is 13.9. The van der Waals surface area contributed by atoms with Crippen LogP contribution in [0, 0.1) is 0 Å². The fourth-order valence-corrected chi connectivity index (χ4v) is 1.30. The summed E-state index contributed by atoms with van der Waals surface area (Å²) in [5, 5.41) is 7.09. The lowest BCUT2D eigenvalue weighted by Gasteiger charge is -2.19. The largest absolute Gasteiger partial charge is 0.272 e. The number of hydrogen-bond donors (Lipinski definition) is 0. The van der Waals surface area contributed by atoms with Gasteiger partial charge in [0.1, 0.15) is 0 Å². The summed E-state index contributed by atoms with van der Waals surface area (Å²) in [5.41, 5.74) is 0.495. The zero-order chi connectivity index (χ0) is 11.4. The van der Waals surface area contributed by atoms with Crippen molar-refractivity contribution < 1.29 is 8.78 Å². The van der Waals surface area contributed by atoms with E-state index < -0.39 is 12.0 Å². The molecule has 4 heteroatoms. The quantitative estimate of drug-likeness (QED) is 0.533. The number of allylic oxidation sites excluding steroid dienone is 2. The minimum absolute atomic E-state index is 0.495. The number of azo groups is 1. The molecule has 1 aliphatic carbocycles. The number of benzene rings is 1. The Morgan fingerprint density at radius 2 is 1.88 bits per heavy atom. The molecule has 82 valence electrons. The molecule has 0 N–H and O–H groups in total. The van der Waals surface area contributed by atoms with Crippen molar-refractivity contribution in [2.75, 3.05) is 0 Å². The van der Waals surface area contributed by atoms with Crippen molar-refractivity contribution in [1.29, 1.82) is 0 Å². The molecule has 2 rings (SSSR count). The second kappa shape index (κ2) is 4.35. The molecule has 0 heterocycles. The van der Waals surface area contributed by atoms with Gasteiger partial charge in [-0.3, -0.25) is 0 Å². The van der Waals surface area contributed by atoms with Crippen molar-refractivity contribution in [3.8, 4) is 0 Å². The lowest BCUT2D eigenvalue weighted by molar-refractivity contribution is 0.127. The normalized spacial score (nSPS) is 28.8. The molecule has 0 aliphatic heterocycles. The number of nitrogens with zero attached hydrogens (tertiary/aromatic N) is 2. The van der Waals surface area contributed by atoms with Crippen LogP contribution in [0.4, 0.5) is 14.5 Å². The van der Waals surface area contributed by atoms with Crippen LogP contribution in [-0.4, -0.2) is 12.0 Å². The van der Waals surface area contributed by atoms with Crippen LogP contribution in [0.1, 0.15) is 0 Å². The summed E-state index contributed by atoms with van der Waals surface area (Å²) in [6.07, 6.45) is 3.25. The number of alkyl halides is 2. The molecular weight excluding hydrogens is 210 g/mol. The molecule has 2 atom stereocenters. The summed E-state index contributed by atoms with van der Waals surface area (Å²) < 4.78 is 27.1. The molecule has 0 radical (unpaired) electrons. The standard InChI is InChI=1S/C12H10F2N2/c13-11-8-4-5-9-12(11,14)16-15-10-6-2-1-3-7-10/h1-9,11H/b16-15+. The maximum atomic E-state index is 13.9. The average molecular weight is 220 g/mol. The first kappa shape index (κ1) is 10.7. The van der Waals surface area contributed by atoms with Gasteiger partial charge in [0, 0.05) is 0 Å². The predicted octanol–water partition coefficient (Wildman–Crippen LogP) is 3.90. The minimum Gasteiger partial charge on any atom is -0.237 e. The minimum atomic E-state index is -2.38. The molecule has 1 aromatic rings. The van der Waals surface area contributed by atoms with E-state index in [0.29, 0.717) is 5.69 Å². The van der Waals surface area contributed by atoms with E-state index in [0.717, 1.165) is 12.2 Å². The third-order valence-corrected chi connectivity index (χ3v) is 2.18. The van der Waals surface area contributed by atoms with Crippen molar-refractivity contribution in [2.45, 2.75) is 12.0 Å². The number of rotatable bonds is 2. The molecule has 16 heavy (non-hydrogen) atoms. The van der Waals surface area contributed by atoms with E-state index >= 15 is 0 Å². The summed E-state index contributed by atoms with van der Waals surface area (Å²) in [4.78, 5) is 0. The molecule has 0 fully saturated rings. The second-order valence-corrected chi connectivity index (χ2v) is 3.41. The van der Waals surface area contributed by atoms with Gasteiger partial charge in [0.25, 0.3) is 5.79 Å². The Morgan fingerprint density at radius 3 is 2.56 bits per heavy atom. The van der Waals surface area contributed by atoms with Gasteiger partial charge in [0.05, 0.1) is 5.69 Å². The first-order valence-corrected chi connectivity index (χ1v) is 4.88. The van der Waals surface area contributed by atoms with Crippen molar-refractivity contribution in [3.63, 3.8) is 0 Å². The fourth-order valence-electron chi connectivity index (χ4n) is 1.30. The van der Waals surface area contributed by atoms with Crippen LogP contribution < -0.4 is 0 Å². The lowest BCUT2D eigenvalue weighted by Crippen LogP contribution is -2.29. The van der Waals surface area contributed by atoms with Gasteiger partial charge >= 0.3 is 0 Å². The molecule has 0 saturated heterocycles. The van der Waals surface area contributed by atoms with E-state index in [1.807, 2.05) is 6.07 Å². The summed E-state index contributed by atoms with van der Waals surface area (Å²) in [6.45, 7) is 0.